The molecule has 0 bridgehead atoms. The molecule has 124 valence electrons. The number of fused-ring (bicyclic) bond motifs is 5. The van der Waals surface area contributed by atoms with E-state index >= 15 is 0 Å². The van der Waals surface area contributed by atoms with Crippen LogP contribution in [-0.2, 0) is 11.2 Å². The Morgan fingerprint density at radius 2 is 2.04 bits per heavy atom. The quantitative estimate of drug-likeness (QED) is 0.627. The molecule has 0 spiro atoms. The summed E-state index contributed by atoms with van der Waals surface area (Å²) in [6.45, 7) is 2.06. The lowest BCUT2D eigenvalue weighted by Gasteiger charge is -2.48. The summed E-state index contributed by atoms with van der Waals surface area (Å²) in [7, 11) is 0. The third-order valence-electron chi connectivity index (χ3n) is 6.63. The van der Waals surface area contributed by atoms with Gasteiger partial charge in [0.1, 0.15) is 11.9 Å². The van der Waals surface area contributed by atoms with Gasteiger partial charge in [-0.25, -0.2) is 0 Å². The van der Waals surface area contributed by atoms with Crippen LogP contribution < -0.4 is 0 Å². The Bertz CT molecular complexity index is 702. The maximum Gasteiger partial charge on any atom is 0.167 e. The Kier molecular flexibility index (Phi) is 3.71. The Hall–Kier alpha value is -0.390. The number of phenols is 1. The Morgan fingerprint density at radius 1 is 1.30 bits per heavy atom. The monoisotopic (exact) mass is 442 g/mol. The van der Waals surface area contributed by atoms with Gasteiger partial charge in [0.15, 0.2) is 5.78 Å². The Labute approximate surface area is 152 Å². The number of hydrogen-bond acceptors (Lipinski definition) is 3. The molecule has 0 aliphatic heterocycles. The molecule has 0 heterocycles. The van der Waals surface area contributed by atoms with Gasteiger partial charge in [-0.2, -0.15) is 0 Å². The lowest BCUT2D eigenvalue weighted by Crippen LogP contribution is -2.43. The van der Waals surface area contributed by atoms with Crippen LogP contribution in [0, 0.1) is 17.3 Å². The number of Topliss-reactive ketones (excluding diaryl/α,β-unsaturated/α-hetero) is 1. The van der Waals surface area contributed by atoms with Crippen molar-refractivity contribution in [1.82, 2.24) is 0 Å². The van der Waals surface area contributed by atoms with E-state index in [0.29, 0.717) is 18.3 Å². The maximum atomic E-state index is 12.4. The van der Waals surface area contributed by atoms with Crippen LogP contribution in [0.1, 0.15) is 49.7 Å². The van der Waals surface area contributed by atoms with E-state index in [0.717, 1.165) is 34.6 Å². The molecule has 4 rings (SSSR count). The second kappa shape index (κ2) is 5.30. The molecule has 0 radical (unpaired) electrons. The topological polar surface area (TPSA) is 57.5 Å². The fourth-order valence-electron chi connectivity index (χ4n) is 5.43. The standard InChI is InChI=1S/C18H20Br2O3/c1-18-5-4-8-9(12(18)7-14(21)17(18)23)2-3-10-11(8)6-13(19)16(22)15(10)20/h6,8-9,12,14,21-22H,2-5,7H2,1H3/t8-,9+,12-,14+,18-/m0/s1. The smallest absolute Gasteiger partial charge is 0.167 e. The van der Waals surface area contributed by atoms with Gasteiger partial charge in [0, 0.05) is 5.41 Å². The fourth-order valence-corrected chi connectivity index (χ4v) is 6.78. The predicted molar refractivity (Wildman–Crippen MR) is 94.5 cm³/mol. The van der Waals surface area contributed by atoms with Crippen LogP contribution in [0.4, 0.5) is 0 Å². The number of aromatic hydroxyl groups is 1. The molecule has 23 heavy (non-hydrogen) atoms. The van der Waals surface area contributed by atoms with Gasteiger partial charge in [-0.05, 0) is 98.9 Å². The summed E-state index contributed by atoms with van der Waals surface area (Å²) < 4.78 is 1.52. The maximum absolute atomic E-state index is 12.4. The molecule has 5 heteroatoms. The third-order valence-corrected chi connectivity index (χ3v) is 8.09. The van der Waals surface area contributed by atoms with E-state index in [4.69, 9.17) is 0 Å². The molecule has 2 fully saturated rings. The zero-order valence-corrected chi connectivity index (χ0v) is 16.2. The van der Waals surface area contributed by atoms with Gasteiger partial charge in [0.2, 0.25) is 0 Å². The minimum Gasteiger partial charge on any atom is -0.506 e. The summed E-state index contributed by atoms with van der Waals surface area (Å²) in [5.41, 5.74) is 2.16. The first-order chi connectivity index (χ1) is 10.8. The van der Waals surface area contributed by atoms with Crippen molar-refractivity contribution in [1.29, 1.82) is 0 Å². The van der Waals surface area contributed by atoms with Crippen molar-refractivity contribution in [2.75, 3.05) is 0 Å². The number of rotatable bonds is 0. The van der Waals surface area contributed by atoms with Crippen LogP contribution in [0.5, 0.6) is 5.75 Å². The van der Waals surface area contributed by atoms with Gasteiger partial charge in [0.25, 0.3) is 0 Å². The summed E-state index contributed by atoms with van der Waals surface area (Å²) in [5.74, 6) is 1.48. The normalized spacial score (nSPS) is 38.9. The Morgan fingerprint density at radius 3 is 2.78 bits per heavy atom. The molecule has 3 aliphatic rings. The van der Waals surface area contributed by atoms with Crippen LogP contribution in [0.2, 0.25) is 0 Å². The molecule has 0 amide bonds. The molecule has 3 aliphatic carbocycles. The number of aliphatic hydroxyl groups is 1. The number of ketones is 1. The predicted octanol–water partition coefficient (Wildman–Crippen LogP) is 4.31. The van der Waals surface area contributed by atoms with Crippen molar-refractivity contribution in [2.24, 2.45) is 17.3 Å². The highest BCUT2D eigenvalue weighted by molar-refractivity contribution is 9.11. The first-order valence-corrected chi connectivity index (χ1v) is 9.85. The van der Waals surface area contributed by atoms with Crippen LogP contribution in [0.25, 0.3) is 0 Å². The van der Waals surface area contributed by atoms with Crippen molar-refractivity contribution in [3.8, 4) is 5.75 Å². The lowest BCUT2D eigenvalue weighted by molar-refractivity contribution is -0.134. The van der Waals surface area contributed by atoms with E-state index in [1.807, 2.05) is 0 Å². The van der Waals surface area contributed by atoms with Gasteiger partial charge in [0.05, 0.1) is 8.95 Å². The average molecular weight is 444 g/mol. The van der Waals surface area contributed by atoms with Crippen molar-refractivity contribution in [2.45, 2.75) is 51.0 Å². The molecule has 3 nitrogen and oxygen atoms in total. The number of carbonyl (C=O) groups is 1. The van der Waals surface area contributed by atoms with Crippen LogP contribution in [-0.4, -0.2) is 22.1 Å². The Balaban J connectivity index is 1.77. The van der Waals surface area contributed by atoms with Gasteiger partial charge >= 0.3 is 0 Å². The number of hydrogen-bond donors (Lipinski definition) is 2. The van der Waals surface area contributed by atoms with Crippen molar-refractivity contribution < 1.29 is 15.0 Å². The molecule has 0 unspecified atom stereocenters. The van der Waals surface area contributed by atoms with Gasteiger partial charge in [-0.1, -0.05) is 6.92 Å². The molecule has 2 N–H and O–H groups in total. The molecular weight excluding hydrogens is 424 g/mol. The van der Waals surface area contributed by atoms with E-state index in [1.165, 1.54) is 11.1 Å². The lowest BCUT2D eigenvalue weighted by atomic mass is 9.55. The molecular formula is C18H20Br2O3. The van der Waals surface area contributed by atoms with Gasteiger partial charge in [-0.3, -0.25) is 4.79 Å². The molecule has 0 aromatic heterocycles. The first-order valence-electron chi connectivity index (χ1n) is 8.26. The highest BCUT2D eigenvalue weighted by Crippen LogP contribution is 2.60. The van der Waals surface area contributed by atoms with Crippen LogP contribution in [0.15, 0.2) is 15.0 Å². The van der Waals surface area contributed by atoms with Crippen molar-refractivity contribution >= 4 is 37.6 Å². The molecule has 1 aromatic carbocycles. The SMILES string of the molecule is C[C@]12CC[C@@H]3c4cc(Br)c(O)c(Br)c4CC[C@H]3[C@@H]1C[C@@H](O)C2=O. The van der Waals surface area contributed by atoms with E-state index in [9.17, 15) is 15.0 Å². The highest BCUT2D eigenvalue weighted by atomic mass is 79.9. The number of benzene rings is 1. The largest absolute Gasteiger partial charge is 0.506 e. The average Bonchev–Trinajstić information content (AvgIpc) is 2.76. The second-order valence-corrected chi connectivity index (χ2v) is 9.22. The summed E-state index contributed by atoms with van der Waals surface area (Å²) in [6, 6.07) is 2.06. The third kappa shape index (κ3) is 2.12. The molecule has 2 saturated carbocycles. The second-order valence-electron chi connectivity index (χ2n) is 7.58. The van der Waals surface area contributed by atoms with Gasteiger partial charge < -0.3 is 10.2 Å². The summed E-state index contributed by atoms with van der Waals surface area (Å²) in [4.78, 5) is 12.4. The number of aliphatic hydroxyl groups excluding tert-OH is 1. The molecule has 5 atom stereocenters. The minimum atomic E-state index is -0.775. The van der Waals surface area contributed by atoms with E-state index in [2.05, 4.69) is 44.8 Å². The van der Waals surface area contributed by atoms with Crippen LogP contribution >= 0.6 is 31.9 Å². The summed E-state index contributed by atoms with van der Waals surface area (Å²) >= 11 is 7.00. The number of carbonyl (C=O) groups excluding carboxylic acids is 1. The van der Waals surface area contributed by atoms with Crippen molar-refractivity contribution in [3.63, 3.8) is 0 Å². The van der Waals surface area contributed by atoms with Crippen molar-refractivity contribution in [3.05, 3.63) is 26.1 Å². The first kappa shape index (κ1) is 16.1. The highest BCUT2D eigenvalue weighted by Gasteiger charge is 2.58. The fraction of sp³-hybridized carbons (Fsp3) is 0.611. The number of phenolic OH excluding ortho intramolecular Hbond substituents is 1. The number of halogens is 2. The van der Waals surface area contributed by atoms with Gasteiger partial charge in [-0.15, -0.1) is 0 Å². The summed E-state index contributed by atoms with van der Waals surface area (Å²) in [6.07, 6.45) is 3.61. The zero-order chi connectivity index (χ0) is 16.5. The van der Waals surface area contributed by atoms with E-state index in [1.54, 1.807) is 0 Å². The zero-order valence-electron chi connectivity index (χ0n) is 13.0. The minimum absolute atomic E-state index is 0.0554. The molecule has 0 saturated heterocycles. The molecule has 1 aromatic rings. The van der Waals surface area contributed by atoms with E-state index < -0.39 is 6.10 Å². The summed E-state index contributed by atoms with van der Waals surface area (Å²) in [5, 5.41) is 20.3. The van der Waals surface area contributed by atoms with E-state index in [-0.39, 0.29) is 22.9 Å². The van der Waals surface area contributed by atoms with Crippen LogP contribution in [0.3, 0.4) is 0 Å².